The fourth-order valence-corrected chi connectivity index (χ4v) is 0.810. The molecule has 0 aliphatic heterocycles. The molecule has 0 aromatic carbocycles. The molecule has 1 aromatic rings. The molecule has 1 aromatic heterocycles. The molecule has 52 valence electrons. The van der Waals surface area contributed by atoms with Crippen molar-refractivity contribution in [1.29, 1.82) is 0 Å². The Balaban J connectivity index is 3.32. The number of pyridine rings is 1. The zero-order chi connectivity index (χ0) is 7.56. The summed E-state index contributed by atoms with van der Waals surface area (Å²) in [5.41, 5.74) is -0.174. The summed E-state index contributed by atoms with van der Waals surface area (Å²) in [6, 6.07) is 2.59. The summed E-state index contributed by atoms with van der Waals surface area (Å²) in [4.78, 5) is 22.9. The monoisotopic (exact) mass is 157 g/mol. The molecule has 4 heteroatoms. The first-order valence-electron chi connectivity index (χ1n) is 2.57. The average Bonchev–Trinajstić information content (AvgIpc) is 1.85. The topological polar surface area (TPSA) is 49.9 Å². The first-order chi connectivity index (χ1) is 4.72. The lowest BCUT2D eigenvalue weighted by atomic mass is 10.4. The van der Waals surface area contributed by atoms with Crippen LogP contribution in [0.4, 0.5) is 0 Å². The zero-order valence-electron chi connectivity index (χ0n) is 4.93. The van der Waals surface area contributed by atoms with Crippen LogP contribution >= 0.6 is 11.6 Å². The van der Waals surface area contributed by atoms with Crippen LogP contribution in [0.2, 0.25) is 5.02 Å². The third kappa shape index (κ3) is 1.45. The minimum atomic E-state index is -0.366. The summed E-state index contributed by atoms with van der Waals surface area (Å²) in [7, 11) is 0. The SMILES string of the molecule is O=Cc1cc(Cl)cc(=O)[nH]1. The number of carbonyl (C=O) groups is 1. The molecule has 1 heterocycles. The van der Waals surface area contributed by atoms with Gasteiger partial charge in [0.2, 0.25) is 5.56 Å². The molecule has 0 spiro atoms. The highest BCUT2D eigenvalue weighted by Gasteiger charge is 1.93. The summed E-state index contributed by atoms with van der Waals surface area (Å²) in [6.07, 6.45) is 0.535. The number of aromatic nitrogens is 1. The first kappa shape index (κ1) is 7.02. The maximum atomic E-state index is 10.6. The van der Waals surface area contributed by atoms with E-state index in [2.05, 4.69) is 4.98 Å². The quantitative estimate of drug-likeness (QED) is 0.615. The first-order valence-corrected chi connectivity index (χ1v) is 2.95. The van der Waals surface area contributed by atoms with Gasteiger partial charge in [-0.25, -0.2) is 0 Å². The normalized spacial score (nSPS) is 9.30. The highest BCUT2D eigenvalue weighted by Crippen LogP contribution is 2.02. The van der Waals surface area contributed by atoms with Gasteiger partial charge in [0.15, 0.2) is 6.29 Å². The third-order valence-electron chi connectivity index (χ3n) is 0.957. The third-order valence-corrected chi connectivity index (χ3v) is 1.18. The van der Waals surface area contributed by atoms with Crippen molar-refractivity contribution < 1.29 is 4.79 Å². The van der Waals surface area contributed by atoms with E-state index in [9.17, 15) is 9.59 Å². The van der Waals surface area contributed by atoms with Crippen molar-refractivity contribution in [2.75, 3.05) is 0 Å². The molecular weight excluding hydrogens is 154 g/mol. The zero-order valence-corrected chi connectivity index (χ0v) is 5.68. The van der Waals surface area contributed by atoms with Gasteiger partial charge in [-0.1, -0.05) is 11.6 Å². The lowest BCUT2D eigenvalue weighted by molar-refractivity contribution is 0.111. The van der Waals surface area contributed by atoms with Crippen molar-refractivity contribution in [2.24, 2.45) is 0 Å². The Kier molecular flexibility index (Phi) is 1.87. The van der Waals surface area contributed by atoms with E-state index >= 15 is 0 Å². The lowest BCUT2D eigenvalue weighted by Gasteiger charge is -1.89. The Morgan fingerprint density at radius 1 is 1.50 bits per heavy atom. The number of aldehydes is 1. The van der Waals surface area contributed by atoms with E-state index in [1.54, 1.807) is 0 Å². The van der Waals surface area contributed by atoms with Crippen LogP contribution in [0, 0.1) is 0 Å². The van der Waals surface area contributed by atoms with Crippen LogP contribution in [0.5, 0.6) is 0 Å². The predicted octanol–water partition coefficient (Wildman–Crippen LogP) is 0.841. The van der Waals surface area contributed by atoms with Crippen molar-refractivity contribution in [3.05, 3.63) is 33.2 Å². The second kappa shape index (κ2) is 2.66. The summed E-state index contributed by atoms with van der Waals surface area (Å²) in [5.74, 6) is 0. The molecule has 0 amide bonds. The Bertz CT molecular complexity index is 305. The van der Waals surface area contributed by atoms with E-state index in [4.69, 9.17) is 11.6 Å². The Labute approximate surface area is 61.6 Å². The molecule has 3 nitrogen and oxygen atoms in total. The van der Waals surface area contributed by atoms with Gasteiger partial charge in [0.05, 0.1) is 5.69 Å². The van der Waals surface area contributed by atoms with Gasteiger partial charge in [-0.3, -0.25) is 9.59 Å². The molecule has 1 N–H and O–H groups in total. The molecule has 0 aliphatic carbocycles. The number of hydrogen-bond acceptors (Lipinski definition) is 2. The fourth-order valence-electron chi connectivity index (χ4n) is 0.593. The second-order valence-electron chi connectivity index (χ2n) is 1.74. The molecule has 0 saturated carbocycles. The molecule has 0 aliphatic rings. The fraction of sp³-hybridized carbons (Fsp3) is 0. The second-order valence-corrected chi connectivity index (χ2v) is 2.17. The smallest absolute Gasteiger partial charge is 0.249 e. The number of rotatable bonds is 1. The Morgan fingerprint density at radius 3 is 2.70 bits per heavy atom. The molecule has 0 fully saturated rings. The van der Waals surface area contributed by atoms with Gasteiger partial charge in [-0.15, -0.1) is 0 Å². The van der Waals surface area contributed by atoms with Crippen LogP contribution in [0.1, 0.15) is 10.5 Å². The van der Waals surface area contributed by atoms with Crippen LogP contribution < -0.4 is 5.56 Å². The van der Waals surface area contributed by atoms with Crippen LogP contribution in [0.3, 0.4) is 0 Å². The number of carbonyl (C=O) groups excluding carboxylic acids is 1. The predicted molar refractivity (Wildman–Crippen MR) is 37.5 cm³/mol. The van der Waals surface area contributed by atoms with Crippen molar-refractivity contribution in [3.63, 3.8) is 0 Å². The van der Waals surface area contributed by atoms with Gasteiger partial charge in [0.25, 0.3) is 0 Å². The van der Waals surface area contributed by atoms with Gasteiger partial charge in [-0.2, -0.15) is 0 Å². The van der Waals surface area contributed by atoms with Crippen LogP contribution in [-0.2, 0) is 0 Å². The van der Waals surface area contributed by atoms with E-state index in [1.165, 1.54) is 12.1 Å². The molecular formula is C6H4ClNO2. The molecule has 0 bridgehead atoms. The number of halogens is 1. The van der Waals surface area contributed by atoms with E-state index in [1.807, 2.05) is 0 Å². The van der Waals surface area contributed by atoms with Gasteiger partial charge >= 0.3 is 0 Å². The van der Waals surface area contributed by atoms with Crippen molar-refractivity contribution >= 4 is 17.9 Å². The lowest BCUT2D eigenvalue weighted by Crippen LogP contribution is -2.05. The molecule has 0 saturated heterocycles. The van der Waals surface area contributed by atoms with Crippen LogP contribution in [0.25, 0.3) is 0 Å². The Morgan fingerprint density at radius 2 is 2.20 bits per heavy atom. The molecule has 0 unspecified atom stereocenters. The van der Waals surface area contributed by atoms with Crippen molar-refractivity contribution in [1.82, 2.24) is 4.98 Å². The van der Waals surface area contributed by atoms with E-state index in [0.717, 1.165) is 0 Å². The minimum Gasteiger partial charge on any atom is -0.320 e. The maximum Gasteiger partial charge on any atom is 0.249 e. The molecule has 10 heavy (non-hydrogen) atoms. The number of nitrogens with one attached hydrogen (secondary N) is 1. The van der Waals surface area contributed by atoms with E-state index in [0.29, 0.717) is 6.29 Å². The highest BCUT2D eigenvalue weighted by atomic mass is 35.5. The van der Waals surface area contributed by atoms with Gasteiger partial charge in [0.1, 0.15) is 0 Å². The number of hydrogen-bond donors (Lipinski definition) is 1. The van der Waals surface area contributed by atoms with Crippen LogP contribution in [0.15, 0.2) is 16.9 Å². The Hall–Kier alpha value is -1.09. The standard InChI is InChI=1S/C6H4ClNO2/c7-4-1-5(3-9)8-6(10)2-4/h1-3H,(H,8,10). The average molecular weight is 158 g/mol. The summed E-state index contributed by atoms with van der Waals surface area (Å²) in [6.45, 7) is 0. The molecule has 0 radical (unpaired) electrons. The van der Waals surface area contributed by atoms with Gasteiger partial charge < -0.3 is 4.98 Å². The summed E-state index contributed by atoms with van der Waals surface area (Å²) < 4.78 is 0. The summed E-state index contributed by atoms with van der Waals surface area (Å²) in [5, 5.41) is 0.269. The highest BCUT2D eigenvalue weighted by molar-refractivity contribution is 6.30. The number of H-pyrrole nitrogens is 1. The maximum absolute atomic E-state index is 10.6. The minimum absolute atomic E-state index is 0.192. The van der Waals surface area contributed by atoms with Crippen LogP contribution in [-0.4, -0.2) is 11.3 Å². The molecule has 0 atom stereocenters. The van der Waals surface area contributed by atoms with Gasteiger partial charge in [0, 0.05) is 11.1 Å². The van der Waals surface area contributed by atoms with Gasteiger partial charge in [-0.05, 0) is 6.07 Å². The van der Waals surface area contributed by atoms with E-state index in [-0.39, 0.29) is 16.3 Å². The van der Waals surface area contributed by atoms with Crippen molar-refractivity contribution in [3.8, 4) is 0 Å². The number of aromatic amines is 1. The van der Waals surface area contributed by atoms with Crippen molar-refractivity contribution in [2.45, 2.75) is 0 Å². The van der Waals surface area contributed by atoms with E-state index < -0.39 is 0 Å². The summed E-state index contributed by atoms with van der Waals surface area (Å²) >= 11 is 5.45. The molecule has 1 rings (SSSR count). The largest absolute Gasteiger partial charge is 0.320 e.